The summed E-state index contributed by atoms with van der Waals surface area (Å²) < 4.78 is 1.79. The fraction of sp³-hybridized carbons (Fsp3) is 0.0800. The fourth-order valence-corrected chi connectivity index (χ4v) is 3.37. The first-order chi connectivity index (χ1) is 14.5. The van der Waals surface area contributed by atoms with Gasteiger partial charge in [-0.15, -0.1) is 0 Å². The van der Waals surface area contributed by atoms with Crippen LogP contribution in [0.15, 0.2) is 84.9 Å². The molecule has 30 heavy (non-hydrogen) atoms. The molecule has 4 rings (SSSR count). The fourth-order valence-electron chi connectivity index (χ4n) is 3.37. The zero-order valence-electron chi connectivity index (χ0n) is 16.8. The number of hydrogen-bond donors (Lipinski definition) is 1. The van der Waals surface area contributed by atoms with Crippen LogP contribution in [-0.2, 0) is 0 Å². The normalized spacial score (nSPS) is 10.6. The number of hydrogen-bond acceptors (Lipinski definition) is 3. The maximum absolute atomic E-state index is 13.3. The molecule has 0 aliphatic heterocycles. The Morgan fingerprint density at radius 3 is 2.03 bits per heavy atom. The minimum absolute atomic E-state index is 0.0146. The highest BCUT2D eigenvalue weighted by atomic mass is 16.1. The molecule has 3 aromatic carbocycles. The van der Waals surface area contributed by atoms with Gasteiger partial charge in [0.15, 0.2) is 5.78 Å². The summed E-state index contributed by atoms with van der Waals surface area (Å²) >= 11 is 0. The Bertz CT molecular complexity index is 1190. The maximum Gasteiger partial charge on any atom is 0.259 e. The maximum atomic E-state index is 13.3. The molecule has 0 aliphatic rings. The van der Waals surface area contributed by atoms with Gasteiger partial charge in [0.05, 0.1) is 16.9 Å². The SMILES string of the molecule is CC(=O)c1ccc(NC(=O)c2c(-c3ccccc3)nn(-c3ccccc3)c2C)cc1. The number of Topliss-reactive ketones (excluding diaryl/α,β-unsaturated/α-hetero) is 1. The number of nitrogens with zero attached hydrogens (tertiary/aromatic N) is 2. The van der Waals surface area contributed by atoms with E-state index in [0.29, 0.717) is 22.5 Å². The van der Waals surface area contributed by atoms with Crippen LogP contribution < -0.4 is 5.32 Å². The second-order valence-electron chi connectivity index (χ2n) is 7.01. The highest BCUT2D eigenvalue weighted by Crippen LogP contribution is 2.28. The van der Waals surface area contributed by atoms with Crippen LogP contribution in [0.3, 0.4) is 0 Å². The van der Waals surface area contributed by atoms with Gasteiger partial charge in [0.2, 0.25) is 0 Å². The number of rotatable bonds is 5. The highest BCUT2D eigenvalue weighted by Gasteiger charge is 2.23. The van der Waals surface area contributed by atoms with Crippen LogP contribution >= 0.6 is 0 Å². The Balaban J connectivity index is 1.76. The molecule has 0 aliphatic carbocycles. The first-order valence-corrected chi connectivity index (χ1v) is 9.67. The van der Waals surface area contributed by atoms with Crippen LogP contribution in [0.25, 0.3) is 16.9 Å². The van der Waals surface area contributed by atoms with Gasteiger partial charge in [-0.05, 0) is 50.2 Å². The van der Waals surface area contributed by atoms with E-state index in [2.05, 4.69) is 5.32 Å². The summed E-state index contributed by atoms with van der Waals surface area (Å²) in [6.07, 6.45) is 0. The van der Waals surface area contributed by atoms with E-state index in [0.717, 1.165) is 16.9 Å². The van der Waals surface area contributed by atoms with Gasteiger partial charge in [-0.2, -0.15) is 5.10 Å². The third-order valence-corrected chi connectivity index (χ3v) is 4.94. The van der Waals surface area contributed by atoms with Crippen molar-refractivity contribution in [2.45, 2.75) is 13.8 Å². The molecule has 5 heteroatoms. The van der Waals surface area contributed by atoms with E-state index in [9.17, 15) is 9.59 Å². The number of anilines is 1. The van der Waals surface area contributed by atoms with Crippen molar-refractivity contribution in [3.63, 3.8) is 0 Å². The van der Waals surface area contributed by atoms with Gasteiger partial charge in [-0.25, -0.2) is 4.68 Å². The molecule has 0 fully saturated rings. The van der Waals surface area contributed by atoms with Crippen molar-refractivity contribution in [3.05, 3.63) is 102 Å². The molecule has 0 atom stereocenters. The number of carbonyl (C=O) groups excluding carboxylic acids is 2. The smallest absolute Gasteiger partial charge is 0.259 e. The molecule has 148 valence electrons. The predicted octanol–water partition coefficient (Wildman–Crippen LogP) is 5.30. The topological polar surface area (TPSA) is 64.0 Å². The van der Waals surface area contributed by atoms with E-state index in [1.54, 1.807) is 28.9 Å². The van der Waals surface area contributed by atoms with Crippen LogP contribution in [0, 0.1) is 6.92 Å². The summed E-state index contributed by atoms with van der Waals surface area (Å²) in [6, 6.07) is 26.3. The van der Waals surface area contributed by atoms with Crippen molar-refractivity contribution in [2.75, 3.05) is 5.32 Å². The Morgan fingerprint density at radius 1 is 0.833 bits per heavy atom. The molecular weight excluding hydrogens is 374 g/mol. The zero-order chi connectivity index (χ0) is 21.1. The summed E-state index contributed by atoms with van der Waals surface area (Å²) in [5.74, 6) is -0.261. The van der Waals surface area contributed by atoms with E-state index in [1.165, 1.54) is 6.92 Å². The molecule has 0 unspecified atom stereocenters. The number of para-hydroxylation sites is 1. The molecule has 0 radical (unpaired) electrons. The number of carbonyl (C=O) groups is 2. The van der Waals surface area contributed by atoms with E-state index in [4.69, 9.17) is 5.10 Å². The van der Waals surface area contributed by atoms with Crippen molar-refractivity contribution >= 4 is 17.4 Å². The average molecular weight is 395 g/mol. The van der Waals surface area contributed by atoms with Gasteiger partial charge >= 0.3 is 0 Å². The second-order valence-corrected chi connectivity index (χ2v) is 7.01. The molecule has 1 heterocycles. The molecule has 1 N–H and O–H groups in total. The van der Waals surface area contributed by atoms with Crippen LogP contribution in [0.4, 0.5) is 5.69 Å². The number of aromatic nitrogens is 2. The summed E-state index contributed by atoms with van der Waals surface area (Å²) in [4.78, 5) is 24.7. The van der Waals surface area contributed by atoms with Crippen LogP contribution in [0.1, 0.15) is 33.3 Å². The zero-order valence-corrected chi connectivity index (χ0v) is 16.8. The van der Waals surface area contributed by atoms with Crippen LogP contribution in [-0.4, -0.2) is 21.5 Å². The minimum atomic E-state index is -0.246. The highest BCUT2D eigenvalue weighted by molar-refractivity contribution is 6.09. The quantitative estimate of drug-likeness (QED) is 0.466. The number of amides is 1. The Kier molecular flexibility index (Phi) is 5.26. The summed E-state index contributed by atoms with van der Waals surface area (Å²) in [5, 5.41) is 7.70. The van der Waals surface area contributed by atoms with Crippen molar-refractivity contribution in [1.29, 1.82) is 0 Å². The van der Waals surface area contributed by atoms with E-state index in [-0.39, 0.29) is 11.7 Å². The molecule has 1 aromatic heterocycles. The standard InChI is InChI=1S/C25H21N3O2/c1-17-23(25(30)26-21-15-13-19(14-16-21)18(2)29)24(20-9-5-3-6-10-20)27-28(17)22-11-7-4-8-12-22/h3-16H,1-2H3,(H,26,30). The largest absolute Gasteiger partial charge is 0.322 e. The molecule has 0 bridgehead atoms. The lowest BCUT2D eigenvalue weighted by Crippen LogP contribution is -2.14. The monoisotopic (exact) mass is 395 g/mol. The summed E-state index contributed by atoms with van der Waals surface area (Å²) in [5.41, 5.74) is 4.86. The van der Waals surface area contributed by atoms with Crippen molar-refractivity contribution in [3.8, 4) is 16.9 Å². The van der Waals surface area contributed by atoms with Gasteiger partial charge in [-0.1, -0.05) is 48.5 Å². The lowest BCUT2D eigenvalue weighted by Gasteiger charge is -2.08. The Morgan fingerprint density at radius 2 is 1.43 bits per heavy atom. The molecular formula is C25H21N3O2. The second kappa shape index (κ2) is 8.17. The molecule has 0 spiro atoms. The lowest BCUT2D eigenvalue weighted by molar-refractivity contribution is 0.101. The number of ketones is 1. The van der Waals surface area contributed by atoms with Crippen LogP contribution in [0.5, 0.6) is 0 Å². The molecule has 0 saturated heterocycles. The van der Waals surface area contributed by atoms with E-state index >= 15 is 0 Å². The van der Waals surface area contributed by atoms with Crippen molar-refractivity contribution in [1.82, 2.24) is 9.78 Å². The Hall–Kier alpha value is -3.99. The predicted molar refractivity (Wildman–Crippen MR) is 118 cm³/mol. The number of nitrogens with one attached hydrogen (secondary N) is 1. The van der Waals surface area contributed by atoms with Gasteiger partial charge in [-0.3, -0.25) is 9.59 Å². The summed E-state index contributed by atoms with van der Waals surface area (Å²) in [7, 11) is 0. The first kappa shape index (κ1) is 19.3. The van der Waals surface area contributed by atoms with Gasteiger partial charge < -0.3 is 5.32 Å². The van der Waals surface area contributed by atoms with Gasteiger partial charge in [0.1, 0.15) is 5.69 Å². The van der Waals surface area contributed by atoms with Crippen LogP contribution in [0.2, 0.25) is 0 Å². The van der Waals surface area contributed by atoms with Crippen molar-refractivity contribution in [2.24, 2.45) is 0 Å². The van der Waals surface area contributed by atoms with Gasteiger partial charge in [0.25, 0.3) is 5.91 Å². The summed E-state index contributed by atoms with van der Waals surface area (Å²) in [6.45, 7) is 3.40. The minimum Gasteiger partial charge on any atom is -0.322 e. The molecule has 5 nitrogen and oxygen atoms in total. The van der Waals surface area contributed by atoms with E-state index < -0.39 is 0 Å². The third-order valence-electron chi connectivity index (χ3n) is 4.94. The third kappa shape index (κ3) is 3.78. The average Bonchev–Trinajstić information content (AvgIpc) is 3.12. The number of benzene rings is 3. The molecule has 0 saturated carbocycles. The Labute approximate surface area is 175 Å². The first-order valence-electron chi connectivity index (χ1n) is 9.67. The van der Waals surface area contributed by atoms with E-state index in [1.807, 2.05) is 67.6 Å². The van der Waals surface area contributed by atoms with Gasteiger partial charge in [0, 0.05) is 16.8 Å². The lowest BCUT2D eigenvalue weighted by atomic mass is 10.1. The molecule has 1 amide bonds. The molecule has 4 aromatic rings. The van der Waals surface area contributed by atoms with Crippen molar-refractivity contribution < 1.29 is 9.59 Å².